The van der Waals surface area contributed by atoms with E-state index in [1.807, 2.05) is 19.2 Å². The lowest BCUT2D eigenvalue weighted by Gasteiger charge is -1.99. The van der Waals surface area contributed by atoms with Crippen LogP contribution in [0.3, 0.4) is 0 Å². The molecule has 0 saturated heterocycles. The van der Waals surface area contributed by atoms with E-state index in [4.69, 9.17) is 4.74 Å². The van der Waals surface area contributed by atoms with Gasteiger partial charge in [-0.2, -0.15) is 0 Å². The van der Waals surface area contributed by atoms with Crippen LogP contribution in [0.1, 0.15) is 70.9 Å². The molecule has 3 heterocycles. The van der Waals surface area contributed by atoms with Crippen LogP contribution in [0.15, 0.2) is 36.5 Å². The Labute approximate surface area is 174 Å². The molecule has 3 aromatic heterocycles. The van der Waals surface area contributed by atoms with Crippen LogP contribution in [-0.2, 0) is 0 Å². The molecule has 156 valence electrons. The zero-order chi connectivity index (χ0) is 20.3. The van der Waals surface area contributed by atoms with Gasteiger partial charge in [0.15, 0.2) is 0 Å². The van der Waals surface area contributed by atoms with Crippen LogP contribution in [0.4, 0.5) is 0 Å². The first-order valence-corrected chi connectivity index (χ1v) is 11.2. The first-order chi connectivity index (χ1) is 14.3. The molecule has 0 amide bonds. The summed E-state index contributed by atoms with van der Waals surface area (Å²) in [4.78, 5) is 10.2. The topological polar surface area (TPSA) is 56.6 Å². The highest BCUT2D eigenvalue weighted by Crippen LogP contribution is 2.26. The summed E-state index contributed by atoms with van der Waals surface area (Å²) in [6, 6.07) is 10.4. The van der Waals surface area contributed by atoms with Crippen molar-refractivity contribution in [2.75, 3.05) is 6.61 Å². The molecule has 3 aromatic rings. The minimum atomic E-state index is 0.644. The Hall–Kier alpha value is -2.62. The molecule has 0 saturated carbocycles. The fourth-order valence-corrected chi connectivity index (χ4v) is 3.62. The van der Waals surface area contributed by atoms with Crippen LogP contribution >= 0.6 is 0 Å². The Morgan fingerprint density at radius 1 is 0.862 bits per heavy atom. The predicted octanol–water partition coefficient (Wildman–Crippen LogP) is 5.49. The zero-order valence-electron chi connectivity index (χ0n) is 17.9. The van der Waals surface area contributed by atoms with Gasteiger partial charge in [-0.15, -0.1) is 0 Å². The van der Waals surface area contributed by atoms with Crippen molar-refractivity contribution in [2.24, 2.45) is 0 Å². The molecule has 0 aliphatic heterocycles. The van der Waals surface area contributed by atoms with E-state index in [2.05, 4.69) is 58.3 Å². The highest BCUT2D eigenvalue weighted by atomic mass is 16.5. The van der Waals surface area contributed by atoms with Gasteiger partial charge in [0.05, 0.1) is 23.7 Å². The fraction of sp³-hybridized carbons (Fsp3) is 0.440. The van der Waals surface area contributed by atoms with Gasteiger partial charge in [0.1, 0.15) is 5.75 Å². The van der Waals surface area contributed by atoms with Crippen molar-refractivity contribution >= 4 is 12.2 Å². The highest BCUT2D eigenvalue weighted by Gasteiger charge is 2.09. The fourth-order valence-electron chi connectivity index (χ4n) is 3.62. The molecule has 3 N–H and O–H groups in total. The molecule has 4 nitrogen and oxygen atoms in total. The van der Waals surface area contributed by atoms with Gasteiger partial charge in [-0.05, 0) is 50.1 Å². The average Bonchev–Trinajstić information content (AvgIpc) is 3.46. The van der Waals surface area contributed by atoms with Crippen molar-refractivity contribution in [3.05, 3.63) is 52.9 Å². The number of hydrogen-bond donors (Lipinski definition) is 3. The summed E-state index contributed by atoms with van der Waals surface area (Å²) in [7, 11) is 0. The monoisotopic (exact) mass is 393 g/mol. The minimum Gasteiger partial charge on any atom is -0.492 e. The third kappa shape index (κ3) is 6.45. The molecule has 0 fully saturated rings. The van der Waals surface area contributed by atoms with Crippen LogP contribution < -0.4 is 15.4 Å². The maximum atomic E-state index is 5.82. The van der Waals surface area contributed by atoms with Crippen molar-refractivity contribution in [3.63, 3.8) is 0 Å². The van der Waals surface area contributed by atoms with Crippen molar-refractivity contribution < 1.29 is 4.74 Å². The number of ether oxygens (including phenoxy) is 1. The lowest BCUT2D eigenvalue weighted by molar-refractivity contribution is 0.340. The summed E-state index contributed by atoms with van der Waals surface area (Å²) in [5.41, 5.74) is 3.07. The van der Waals surface area contributed by atoms with Crippen molar-refractivity contribution in [1.29, 1.82) is 0 Å². The number of nitrogens with one attached hydrogen (secondary N) is 3. The van der Waals surface area contributed by atoms with Crippen LogP contribution in [0.25, 0.3) is 23.5 Å². The Morgan fingerprint density at radius 2 is 1.66 bits per heavy atom. The molecule has 3 rings (SSSR count). The summed E-state index contributed by atoms with van der Waals surface area (Å²) in [5.74, 6) is 0.875. The molecule has 0 unspecified atom stereocenters. The van der Waals surface area contributed by atoms with Crippen LogP contribution in [0, 0.1) is 0 Å². The Bertz CT molecular complexity index is 947. The first-order valence-electron chi connectivity index (χ1n) is 11.2. The van der Waals surface area contributed by atoms with E-state index >= 15 is 0 Å². The maximum absolute atomic E-state index is 5.82. The van der Waals surface area contributed by atoms with Crippen molar-refractivity contribution in [2.45, 2.75) is 65.2 Å². The quantitative estimate of drug-likeness (QED) is 0.350. The lowest BCUT2D eigenvalue weighted by Crippen LogP contribution is -2.09. The molecule has 0 spiro atoms. The summed E-state index contributed by atoms with van der Waals surface area (Å²) in [6.07, 6.45) is 16.9. The van der Waals surface area contributed by atoms with Crippen LogP contribution in [0.5, 0.6) is 5.75 Å². The predicted molar refractivity (Wildman–Crippen MR) is 122 cm³/mol. The largest absolute Gasteiger partial charge is 0.492 e. The Kier molecular flexibility index (Phi) is 8.29. The number of aromatic nitrogens is 3. The van der Waals surface area contributed by atoms with Gasteiger partial charge in [0.25, 0.3) is 0 Å². The molecule has 0 aliphatic carbocycles. The van der Waals surface area contributed by atoms with Gasteiger partial charge in [-0.1, -0.05) is 51.5 Å². The minimum absolute atomic E-state index is 0.644. The number of rotatable bonds is 12. The van der Waals surface area contributed by atoms with Crippen molar-refractivity contribution in [1.82, 2.24) is 15.0 Å². The van der Waals surface area contributed by atoms with Gasteiger partial charge in [-0.25, -0.2) is 0 Å². The van der Waals surface area contributed by atoms with Crippen LogP contribution in [-0.4, -0.2) is 21.6 Å². The maximum Gasteiger partial charge on any atom is 0.144 e. The number of unbranched alkanes of at least 4 members (excludes halogenated alkanes) is 7. The SMILES string of the molecule is CCCCCCCCCC=c1ccc(=Cc2[nH]c(-c3ccc[nH]3)cc2OCC)[nH]1. The third-order valence-corrected chi connectivity index (χ3v) is 5.20. The number of aromatic amines is 3. The highest BCUT2D eigenvalue weighted by molar-refractivity contribution is 5.65. The van der Waals surface area contributed by atoms with E-state index in [0.717, 1.165) is 34.6 Å². The standard InChI is InChI=1S/C25H35N3O/c1-3-5-6-7-8-9-10-11-13-20-15-16-21(27-20)18-24-25(29-4-2)19-23(28-24)22-14-12-17-26-22/h12-19,26-28H,3-11H2,1-2H3. The van der Waals surface area contributed by atoms with Gasteiger partial charge in [-0.3, -0.25) is 0 Å². The second-order valence-electron chi connectivity index (χ2n) is 7.61. The second-order valence-corrected chi connectivity index (χ2v) is 7.61. The van der Waals surface area contributed by atoms with Gasteiger partial charge >= 0.3 is 0 Å². The molecule has 4 heteroatoms. The summed E-state index contributed by atoms with van der Waals surface area (Å²) in [5, 5.41) is 2.27. The number of hydrogen-bond acceptors (Lipinski definition) is 1. The van der Waals surface area contributed by atoms with E-state index in [-0.39, 0.29) is 0 Å². The smallest absolute Gasteiger partial charge is 0.144 e. The van der Waals surface area contributed by atoms with Crippen molar-refractivity contribution in [3.8, 4) is 17.1 Å². The first kappa shape index (κ1) is 21.1. The lowest BCUT2D eigenvalue weighted by atomic mass is 10.1. The average molecular weight is 394 g/mol. The van der Waals surface area contributed by atoms with Gasteiger partial charge in [0, 0.05) is 23.0 Å². The summed E-state index contributed by atoms with van der Waals surface area (Å²) in [6.45, 7) is 4.92. The van der Waals surface area contributed by atoms with Crippen LogP contribution in [0.2, 0.25) is 0 Å². The molecule has 0 radical (unpaired) electrons. The Morgan fingerprint density at radius 3 is 2.41 bits per heavy atom. The van der Waals surface area contributed by atoms with E-state index in [9.17, 15) is 0 Å². The summed E-state index contributed by atoms with van der Waals surface area (Å²) >= 11 is 0. The van der Waals surface area contributed by atoms with E-state index < -0.39 is 0 Å². The van der Waals surface area contributed by atoms with E-state index in [0.29, 0.717) is 6.61 Å². The third-order valence-electron chi connectivity index (χ3n) is 5.20. The normalized spacial score (nSPS) is 12.8. The van der Waals surface area contributed by atoms with Gasteiger partial charge < -0.3 is 19.7 Å². The molecule has 0 bridgehead atoms. The molecule has 0 atom stereocenters. The molecular formula is C25H35N3O. The molecule has 0 aliphatic rings. The number of H-pyrrole nitrogens is 3. The Balaban J connectivity index is 1.62. The zero-order valence-corrected chi connectivity index (χ0v) is 17.9. The van der Waals surface area contributed by atoms with E-state index in [1.165, 1.54) is 50.3 Å². The summed E-state index contributed by atoms with van der Waals surface area (Å²) < 4.78 is 5.82. The van der Waals surface area contributed by atoms with Gasteiger partial charge in [0.2, 0.25) is 0 Å². The van der Waals surface area contributed by atoms with E-state index in [1.54, 1.807) is 0 Å². The second kappa shape index (κ2) is 11.4. The molecule has 29 heavy (non-hydrogen) atoms. The molecular weight excluding hydrogens is 358 g/mol. The molecule has 0 aromatic carbocycles.